The van der Waals surface area contributed by atoms with Crippen molar-refractivity contribution in [3.8, 4) is 0 Å². The summed E-state index contributed by atoms with van der Waals surface area (Å²) in [5.41, 5.74) is 8.44. The largest absolute Gasteiger partial charge is 0.370 e. The van der Waals surface area contributed by atoms with E-state index in [1.807, 2.05) is 47.5 Å². The van der Waals surface area contributed by atoms with Crippen molar-refractivity contribution in [2.75, 3.05) is 19.7 Å². The first kappa shape index (κ1) is 16.2. The van der Waals surface area contributed by atoms with E-state index < -0.39 is 0 Å². The Balaban J connectivity index is 1.67. The van der Waals surface area contributed by atoms with Gasteiger partial charge in [0.05, 0.1) is 19.1 Å². The number of hydrogen-bond acceptors (Lipinski definition) is 4. The zero-order valence-electron chi connectivity index (χ0n) is 13.2. The minimum atomic E-state index is -0.286. The zero-order chi connectivity index (χ0) is 16.2. The molecule has 5 heteroatoms. The molecule has 0 bridgehead atoms. The van der Waals surface area contributed by atoms with Gasteiger partial charge in [-0.25, -0.2) is 0 Å². The summed E-state index contributed by atoms with van der Waals surface area (Å²) in [7, 11) is 0. The minimum absolute atomic E-state index is 0.0286. The molecule has 1 aromatic heterocycles. The molecule has 3 unspecified atom stereocenters. The lowest BCUT2D eigenvalue weighted by Crippen LogP contribution is -2.46. The monoisotopic (exact) mass is 330 g/mol. The number of morpholine rings is 1. The van der Waals surface area contributed by atoms with Gasteiger partial charge >= 0.3 is 0 Å². The molecule has 122 valence electrons. The summed E-state index contributed by atoms with van der Waals surface area (Å²) in [6.07, 6.45) is -0.0286. The van der Waals surface area contributed by atoms with Gasteiger partial charge in [0.15, 0.2) is 0 Å². The predicted molar refractivity (Wildman–Crippen MR) is 92.1 cm³/mol. The number of carbonyl (C=O) groups is 1. The lowest BCUT2D eigenvalue weighted by atomic mass is 9.94. The number of nitrogens with two attached hydrogens (primary N) is 1. The van der Waals surface area contributed by atoms with Gasteiger partial charge in [-0.15, -0.1) is 0 Å². The molecule has 1 aliphatic rings. The summed E-state index contributed by atoms with van der Waals surface area (Å²) in [5.74, 6) is -0.150. The summed E-state index contributed by atoms with van der Waals surface area (Å²) < 4.78 is 5.81. The average molecular weight is 330 g/mol. The summed E-state index contributed by atoms with van der Waals surface area (Å²) in [4.78, 5) is 14.7. The van der Waals surface area contributed by atoms with Crippen molar-refractivity contribution in [3.05, 3.63) is 58.3 Å². The van der Waals surface area contributed by atoms with Crippen LogP contribution in [0.3, 0.4) is 0 Å². The van der Waals surface area contributed by atoms with Crippen LogP contribution in [0.1, 0.15) is 30.2 Å². The first-order chi connectivity index (χ1) is 11.2. The van der Waals surface area contributed by atoms with Crippen molar-refractivity contribution >= 4 is 17.2 Å². The van der Waals surface area contributed by atoms with E-state index in [9.17, 15) is 4.79 Å². The van der Waals surface area contributed by atoms with E-state index >= 15 is 0 Å². The molecule has 3 rings (SSSR count). The van der Waals surface area contributed by atoms with Gasteiger partial charge < -0.3 is 15.4 Å². The molecule has 1 amide bonds. The highest BCUT2D eigenvalue weighted by Gasteiger charge is 2.31. The molecule has 0 aliphatic carbocycles. The Kier molecular flexibility index (Phi) is 5.10. The number of rotatable bonds is 4. The molecule has 2 heterocycles. The summed E-state index contributed by atoms with van der Waals surface area (Å²) in [6, 6.07) is 11.6. The van der Waals surface area contributed by atoms with Crippen molar-refractivity contribution in [1.29, 1.82) is 0 Å². The molecule has 0 saturated carbocycles. The molecule has 3 atom stereocenters. The van der Waals surface area contributed by atoms with Gasteiger partial charge in [0.2, 0.25) is 5.91 Å². The molecular formula is C18H22N2O2S. The number of hydrogen-bond donors (Lipinski definition) is 1. The fourth-order valence-electron chi connectivity index (χ4n) is 2.91. The molecule has 0 radical (unpaired) electrons. The summed E-state index contributed by atoms with van der Waals surface area (Å²) in [6.45, 7) is 3.71. The van der Waals surface area contributed by atoms with E-state index in [2.05, 4.69) is 11.4 Å². The van der Waals surface area contributed by atoms with Crippen LogP contribution in [0, 0.1) is 5.92 Å². The van der Waals surface area contributed by atoms with Gasteiger partial charge in [-0.1, -0.05) is 37.3 Å². The van der Waals surface area contributed by atoms with Gasteiger partial charge in [-0.2, -0.15) is 11.3 Å². The minimum Gasteiger partial charge on any atom is -0.370 e. The Morgan fingerprint density at radius 3 is 2.83 bits per heavy atom. The molecule has 0 spiro atoms. The summed E-state index contributed by atoms with van der Waals surface area (Å²) >= 11 is 1.65. The molecular weight excluding hydrogens is 308 g/mol. The Morgan fingerprint density at radius 2 is 2.13 bits per heavy atom. The fraction of sp³-hybridized carbons (Fsp3) is 0.389. The van der Waals surface area contributed by atoms with Crippen LogP contribution in [-0.2, 0) is 9.53 Å². The molecule has 1 saturated heterocycles. The number of thiophene rings is 1. The predicted octanol–water partition coefficient (Wildman–Crippen LogP) is 2.98. The van der Waals surface area contributed by atoms with Crippen molar-refractivity contribution in [2.24, 2.45) is 11.7 Å². The van der Waals surface area contributed by atoms with Crippen LogP contribution in [0.2, 0.25) is 0 Å². The lowest BCUT2D eigenvalue weighted by Gasteiger charge is -2.35. The van der Waals surface area contributed by atoms with E-state index in [0.29, 0.717) is 19.7 Å². The SMILES string of the molecule is CC(C(=O)N1CCOC(c2ccsc2)C1)C(N)c1ccccc1. The second-order valence-electron chi connectivity index (χ2n) is 5.93. The Labute approximate surface area is 140 Å². The van der Waals surface area contributed by atoms with E-state index in [1.165, 1.54) is 0 Å². The highest BCUT2D eigenvalue weighted by molar-refractivity contribution is 7.07. The van der Waals surface area contributed by atoms with Crippen LogP contribution >= 0.6 is 11.3 Å². The second kappa shape index (κ2) is 7.25. The first-order valence-corrected chi connectivity index (χ1v) is 8.84. The number of carbonyl (C=O) groups excluding carboxylic acids is 1. The van der Waals surface area contributed by atoms with Gasteiger partial charge in [0.1, 0.15) is 6.10 Å². The van der Waals surface area contributed by atoms with Crippen molar-refractivity contribution in [1.82, 2.24) is 4.90 Å². The topological polar surface area (TPSA) is 55.6 Å². The third-order valence-electron chi connectivity index (χ3n) is 4.41. The van der Waals surface area contributed by atoms with E-state index in [1.54, 1.807) is 11.3 Å². The number of ether oxygens (including phenoxy) is 1. The number of benzene rings is 1. The standard InChI is InChI=1S/C18H22N2O2S/c1-13(17(19)14-5-3-2-4-6-14)18(21)20-8-9-22-16(11-20)15-7-10-23-12-15/h2-7,10,12-13,16-17H,8-9,11,19H2,1H3. The normalized spacial score (nSPS) is 21.0. The van der Waals surface area contributed by atoms with E-state index in [-0.39, 0.29) is 24.0 Å². The zero-order valence-corrected chi connectivity index (χ0v) is 14.0. The van der Waals surface area contributed by atoms with Crippen LogP contribution in [-0.4, -0.2) is 30.5 Å². The molecule has 2 N–H and O–H groups in total. The Hall–Kier alpha value is -1.69. The van der Waals surface area contributed by atoms with E-state index in [4.69, 9.17) is 10.5 Å². The van der Waals surface area contributed by atoms with Crippen LogP contribution in [0.15, 0.2) is 47.2 Å². The molecule has 23 heavy (non-hydrogen) atoms. The molecule has 4 nitrogen and oxygen atoms in total. The van der Waals surface area contributed by atoms with Crippen LogP contribution in [0.4, 0.5) is 0 Å². The molecule has 1 aliphatic heterocycles. The highest BCUT2D eigenvalue weighted by atomic mass is 32.1. The van der Waals surface area contributed by atoms with Crippen LogP contribution in [0.5, 0.6) is 0 Å². The quantitative estimate of drug-likeness (QED) is 0.937. The highest BCUT2D eigenvalue weighted by Crippen LogP contribution is 2.27. The van der Waals surface area contributed by atoms with Crippen molar-refractivity contribution < 1.29 is 9.53 Å². The van der Waals surface area contributed by atoms with Gasteiger partial charge in [-0.05, 0) is 28.0 Å². The smallest absolute Gasteiger partial charge is 0.227 e. The lowest BCUT2D eigenvalue weighted by molar-refractivity contribution is -0.143. The van der Waals surface area contributed by atoms with Crippen LogP contribution < -0.4 is 5.73 Å². The van der Waals surface area contributed by atoms with Crippen molar-refractivity contribution in [2.45, 2.75) is 19.1 Å². The maximum atomic E-state index is 12.8. The fourth-order valence-corrected chi connectivity index (χ4v) is 3.62. The maximum Gasteiger partial charge on any atom is 0.227 e. The van der Waals surface area contributed by atoms with Gasteiger partial charge in [0, 0.05) is 12.6 Å². The molecule has 2 aromatic rings. The first-order valence-electron chi connectivity index (χ1n) is 7.90. The van der Waals surface area contributed by atoms with E-state index in [0.717, 1.165) is 11.1 Å². The van der Waals surface area contributed by atoms with Crippen molar-refractivity contribution in [3.63, 3.8) is 0 Å². The third kappa shape index (κ3) is 3.63. The van der Waals surface area contributed by atoms with Gasteiger partial charge in [0.25, 0.3) is 0 Å². The third-order valence-corrected chi connectivity index (χ3v) is 5.11. The summed E-state index contributed by atoms with van der Waals surface area (Å²) in [5, 5.41) is 4.12. The van der Waals surface area contributed by atoms with Gasteiger partial charge in [-0.3, -0.25) is 4.79 Å². The molecule has 1 aromatic carbocycles. The second-order valence-corrected chi connectivity index (χ2v) is 6.71. The maximum absolute atomic E-state index is 12.8. The molecule has 1 fully saturated rings. The number of amides is 1. The number of nitrogens with zero attached hydrogens (tertiary/aromatic N) is 1. The Morgan fingerprint density at radius 1 is 1.35 bits per heavy atom. The average Bonchev–Trinajstić information content (AvgIpc) is 3.15. The Bertz CT molecular complexity index is 630. The van der Waals surface area contributed by atoms with Crippen LogP contribution in [0.25, 0.3) is 0 Å².